The first-order valence-corrected chi connectivity index (χ1v) is 10.7. The summed E-state index contributed by atoms with van der Waals surface area (Å²) in [6.45, 7) is 11.4. The van der Waals surface area contributed by atoms with E-state index in [1.807, 2.05) is 6.20 Å². The standard InChI is InChI=1S/C26H31N3/c1-6-19(4)26-28(18(2)3)24-15-10-16-27-25(24)29(26)22-13-9-12-21(17-22)23-14-8-7-11-20(23)5/h7-19,26H,6H2,1-5H3. The molecule has 0 fully saturated rings. The maximum absolute atomic E-state index is 4.82. The van der Waals surface area contributed by atoms with Gasteiger partial charge < -0.3 is 9.80 Å². The smallest absolute Gasteiger partial charge is 0.158 e. The molecule has 0 saturated carbocycles. The molecule has 2 unspecified atom stereocenters. The number of benzene rings is 2. The van der Waals surface area contributed by atoms with Crippen LogP contribution < -0.4 is 9.80 Å². The molecular formula is C26H31N3. The number of pyridine rings is 1. The Morgan fingerprint density at radius 2 is 1.76 bits per heavy atom. The zero-order chi connectivity index (χ0) is 20.5. The molecule has 1 aliphatic rings. The van der Waals surface area contributed by atoms with Crippen molar-refractivity contribution in [1.82, 2.24) is 4.98 Å². The maximum Gasteiger partial charge on any atom is 0.158 e. The predicted molar refractivity (Wildman–Crippen MR) is 124 cm³/mol. The number of aryl methyl sites for hydroxylation is 1. The molecule has 29 heavy (non-hydrogen) atoms. The van der Waals surface area contributed by atoms with E-state index in [-0.39, 0.29) is 6.17 Å². The van der Waals surface area contributed by atoms with Gasteiger partial charge in [-0.15, -0.1) is 0 Å². The van der Waals surface area contributed by atoms with Crippen molar-refractivity contribution >= 4 is 17.2 Å². The minimum absolute atomic E-state index is 0.261. The summed E-state index contributed by atoms with van der Waals surface area (Å²) in [5.41, 5.74) is 6.28. The summed E-state index contributed by atoms with van der Waals surface area (Å²) in [5, 5.41) is 0. The second kappa shape index (κ2) is 7.90. The Hall–Kier alpha value is -2.81. The van der Waals surface area contributed by atoms with E-state index in [0.29, 0.717) is 12.0 Å². The number of anilines is 3. The molecule has 3 aromatic rings. The van der Waals surface area contributed by atoms with Gasteiger partial charge in [-0.2, -0.15) is 0 Å². The number of aromatic nitrogens is 1. The van der Waals surface area contributed by atoms with Crippen molar-refractivity contribution < 1.29 is 0 Å². The molecule has 2 heterocycles. The fourth-order valence-electron chi connectivity index (χ4n) is 4.49. The lowest BCUT2D eigenvalue weighted by molar-refractivity contribution is 0.412. The van der Waals surface area contributed by atoms with E-state index >= 15 is 0 Å². The first-order chi connectivity index (χ1) is 14.0. The Morgan fingerprint density at radius 1 is 0.966 bits per heavy atom. The van der Waals surface area contributed by atoms with Crippen molar-refractivity contribution in [1.29, 1.82) is 0 Å². The molecule has 2 atom stereocenters. The van der Waals surface area contributed by atoms with Gasteiger partial charge in [-0.3, -0.25) is 0 Å². The van der Waals surface area contributed by atoms with Crippen molar-refractivity contribution in [2.75, 3.05) is 9.80 Å². The summed E-state index contributed by atoms with van der Waals surface area (Å²) in [6, 6.07) is 22.2. The van der Waals surface area contributed by atoms with E-state index in [4.69, 9.17) is 4.98 Å². The highest BCUT2D eigenvalue weighted by atomic mass is 15.5. The largest absolute Gasteiger partial charge is 0.345 e. The summed E-state index contributed by atoms with van der Waals surface area (Å²) < 4.78 is 0. The second-order valence-corrected chi connectivity index (χ2v) is 8.38. The van der Waals surface area contributed by atoms with Crippen molar-refractivity contribution in [3.63, 3.8) is 0 Å². The molecule has 0 aliphatic carbocycles. The van der Waals surface area contributed by atoms with Gasteiger partial charge in [-0.05, 0) is 74.1 Å². The fourth-order valence-corrected chi connectivity index (χ4v) is 4.49. The van der Waals surface area contributed by atoms with Crippen LogP contribution in [0.5, 0.6) is 0 Å². The third kappa shape index (κ3) is 3.39. The summed E-state index contributed by atoms with van der Waals surface area (Å²) in [7, 11) is 0. The predicted octanol–water partition coefficient (Wildman–Crippen LogP) is 6.80. The van der Waals surface area contributed by atoms with E-state index in [0.717, 1.165) is 12.2 Å². The Bertz CT molecular complexity index is 995. The zero-order valence-corrected chi connectivity index (χ0v) is 18.1. The molecule has 0 spiro atoms. The summed E-state index contributed by atoms with van der Waals surface area (Å²) in [4.78, 5) is 9.81. The first kappa shape index (κ1) is 19.5. The maximum atomic E-state index is 4.82. The van der Waals surface area contributed by atoms with Gasteiger partial charge >= 0.3 is 0 Å². The van der Waals surface area contributed by atoms with Gasteiger partial charge in [0.05, 0.1) is 5.69 Å². The van der Waals surface area contributed by atoms with Gasteiger partial charge in [0.25, 0.3) is 0 Å². The zero-order valence-electron chi connectivity index (χ0n) is 18.1. The molecule has 1 aromatic heterocycles. The average molecular weight is 386 g/mol. The number of nitrogens with zero attached hydrogens (tertiary/aromatic N) is 3. The number of hydrogen-bond donors (Lipinski definition) is 0. The topological polar surface area (TPSA) is 19.4 Å². The Labute approximate surface area is 175 Å². The van der Waals surface area contributed by atoms with E-state index in [9.17, 15) is 0 Å². The minimum atomic E-state index is 0.261. The van der Waals surface area contributed by atoms with Gasteiger partial charge in [-0.1, -0.05) is 50.2 Å². The van der Waals surface area contributed by atoms with E-state index < -0.39 is 0 Å². The Kier molecular flexibility index (Phi) is 5.31. The molecule has 1 aliphatic heterocycles. The van der Waals surface area contributed by atoms with Crippen LogP contribution in [0.25, 0.3) is 11.1 Å². The van der Waals surface area contributed by atoms with Gasteiger partial charge in [0.1, 0.15) is 6.17 Å². The van der Waals surface area contributed by atoms with Crippen LogP contribution in [0.15, 0.2) is 66.9 Å². The summed E-state index contributed by atoms with van der Waals surface area (Å²) >= 11 is 0. The lowest BCUT2D eigenvalue weighted by atomic mass is 9.99. The fraction of sp³-hybridized carbons (Fsp3) is 0.346. The molecule has 0 radical (unpaired) electrons. The third-order valence-electron chi connectivity index (χ3n) is 6.11. The van der Waals surface area contributed by atoms with Crippen molar-refractivity contribution in [3.05, 3.63) is 72.4 Å². The van der Waals surface area contributed by atoms with Crippen LogP contribution >= 0.6 is 0 Å². The number of rotatable bonds is 5. The van der Waals surface area contributed by atoms with Crippen LogP contribution in [-0.4, -0.2) is 17.2 Å². The van der Waals surface area contributed by atoms with Crippen LogP contribution in [-0.2, 0) is 0 Å². The molecule has 150 valence electrons. The molecule has 4 rings (SSSR count). The van der Waals surface area contributed by atoms with Crippen LogP contribution in [0.2, 0.25) is 0 Å². The molecule has 0 amide bonds. The van der Waals surface area contributed by atoms with E-state index in [2.05, 4.69) is 105 Å². The Balaban J connectivity index is 1.86. The molecule has 0 N–H and O–H groups in total. The van der Waals surface area contributed by atoms with E-state index in [1.165, 1.54) is 28.1 Å². The van der Waals surface area contributed by atoms with Crippen molar-refractivity contribution in [2.45, 2.75) is 53.2 Å². The van der Waals surface area contributed by atoms with Gasteiger partial charge in [0.15, 0.2) is 5.82 Å². The third-order valence-corrected chi connectivity index (χ3v) is 6.11. The SMILES string of the molecule is CCC(C)C1N(c2cccc(-c3ccccc3C)c2)c2ncccc2N1C(C)C. The summed E-state index contributed by atoms with van der Waals surface area (Å²) in [6.07, 6.45) is 3.29. The molecule has 3 heteroatoms. The monoisotopic (exact) mass is 385 g/mol. The lowest BCUT2D eigenvalue weighted by Gasteiger charge is -2.39. The van der Waals surface area contributed by atoms with Gasteiger partial charge in [0, 0.05) is 17.9 Å². The minimum Gasteiger partial charge on any atom is -0.345 e. The van der Waals surface area contributed by atoms with E-state index in [1.54, 1.807) is 0 Å². The lowest BCUT2D eigenvalue weighted by Crippen LogP contribution is -2.48. The normalized spacial score (nSPS) is 17.0. The molecule has 2 aromatic carbocycles. The second-order valence-electron chi connectivity index (χ2n) is 8.38. The quantitative estimate of drug-likeness (QED) is 0.482. The molecule has 3 nitrogen and oxygen atoms in total. The van der Waals surface area contributed by atoms with Crippen LogP contribution in [0.3, 0.4) is 0 Å². The average Bonchev–Trinajstić information content (AvgIpc) is 3.09. The highest BCUT2D eigenvalue weighted by Crippen LogP contribution is 2.46. The first-order valence-electron chi connectivity index (χ1n) is 10.7. The van der Waals surface area contributed by atoms with Crippen molar-refractivity contribution in [2.24, 2.45) is 5.92 Å². The Morgan fingerprint density at radius 3 is 2.48 bits per heavy atom. The van der Waals surface area contributed by atoms with Gasteiger partial charge in [-0.25, -0.2) is 4.98 Å². The summed E-state index contributed by atoms with van der Waals surface area (Å²) in [5.74, 6) is 1.57. The number of hydrogen-bond acceptors (Lipinski definition) is 3. The van der Waals surface area contributed by atoms with Gasteiger partial charge in [0.2, 0.25) is 0 Å². The highest BCUT2D eigenvalue weighted by molar-refractivity contribution is 5.83. The molecule has 0 saturated heterocycles. The highest BCUT2D eigenvalue weighted by Gasteiger charge is 2.41. The van der Waals surface area contributed by atoms with Crippen LogP contribution in [0, 0.1) is 12.8 Å². The number of fused-ring (bicyclic) bond motifs is 1. The van der Waals surface area contributed by atoms with Crippen molar-refractivity contribution in [3.8, 4) is 11.1 Å². The molecular weight excluding hydrogens is 354 g/mol. The van der Waals surface area contributed by atoms with Crippen LogP contribution in [0.1, 0.15) is 39.7 Å². The molecule has 0 bridgehead atoms. The van der Waals surface area contributed by atoms with Crippen LogP contribution in [0.4, 0.5) is 17.2 Å².